The van der Waals surface area contributed by atoms with Gasteiger partial charge in [0.2, 0.25) is 0 Å². The average Bonchev–Trinajstić information content (AvgIpc) is 3.34. The standard InChI is InChI=1S/C20H17N7OS2/c1-10-4-3-5-13-16(10)25-20(29-13)27-18-15(21)17(22-9-23-18)26-19-24-12-7-6-11(28-2)8-14(12)30-19/h3-9H,21H2,1-2H3,(H2,22,23,24,25,26,27). The van der Waals surface area contributed by atoms with Crippen molar-refractivity contribution in [1.82, 2.24) is 19.9 Å². The second-order valence-electron chi connectivity index (χ2n) is 6.53. The summed E-state index contributed by atoms with van der Waals surface area (Å²) in [4.78, 5) is 17.8. The molecule has 3 heterocycles. The van der Waals surface area contributed by atoms with E-state index in [2.05, 4.69) is 30.6 Å². The van der Waals surface area contributed by atoms with E-state index in [1.165, 1.54) is 17.7 Å². The molecule has 30 heavy (non-hydrogen) atoms. The molecule has 150 valence electrons. The number of methoxy groups -OCH3 is 1. The second kappa shape index (κ2) is 7.39. The predicted molar refractivity (Wildman–Crippen MR) is 124 cm³/mol. The Bertz CT molecular complexity index is 1380. The van der Waals surface area contributed by atoms with E-state index in [-0.39, 0.29) is 0 Å². The van der Waals surface area contributed by atoms with Gasteiger partial charge in [-0.15, -0.1) is 0 Å². The molecule has 0 aliphatic heterocycles. The second-order valence-corrected chi connectivity index (χ2v) is 8.59. The minimum Gasteiger partial charge on any atom is -0.497 e. The van der Waals surface area contributed by atoms with Crippen LogP contribution in [0.3, 0.4) is 0 Å². The summed E-state index contributed by atoms with van der Waals surface area (Å²) < 4.78 is 7.39. The van der Waals surface area contributed by atoms with Crippen molar-refractivity contribution in [3.8, 4) is 5.75 Å². The topological polar surface area (TPSA) is 111 Å². The van der Waals surface area contributed by atoms with Gasteiger partial charge in [-0.25, -0.2) is 19.9 Å². The van der Waals surface area contributed by atoms with E-state index < -0.39 is 0 Å². The third-order valence-corrected chi connectivity index (χ3v) is 6.42. The van der Waals surface area contributed by atoms with Crippen LogP contribution in [0.25, 0.3) is 20.4 Å². The molecule has 3 aromatic heterocycles. The van der Waals surface area contributed by atoms with Crippen LogP contribution in [0.15, 0.2) is 42.7 Å². The van der Waals surface area contributed by atoms with Crippen molar-refractivity contribution in [2.24, 2.45) is 0 Å². The van der Waals surface area contributed by atoms with Crippen molar-refractivity contribution in [1.29, 1.82) is 0 Å². The molecule has 5 aromatic rings. The molecule has 0 atom stereocenters. The number of nitrogen functional groups attached to an aromatic ring is 1. The lowest BCUT2D eigenvalue weighted by Crippen LogP contribution is -2.05. The Morgan fingerprint density at radius 1 is 0.933 bits per heavy atom. The first kappa shape index (κ1) is 18.5. The van der Waals surface area contributed by atoms with E-state index in [0.717, 1.165) is 36.9 Å². The number of thiazole rings is 2. The van der Waals surface area contributed by atoms with Gasteiger partial charge in [-0.1, -0.05) is 34.8 Å². The maximum Gasteiger partial charge on any atom is 0.189 e. The number of nitrogens with zero attached hydrogens (tertiary/aromatic N) is 4. The fourth-order valence-electron chi connectivity index (χ4n) is 3.02. The molecule has 0 aliphatic carbocycles. The molecule has 0 saturated heterocycles. The zero-order valence-electron chi connectivity index (χ0n) is 16.1. The van der Waals surface area contributed by atoms with Gasteiger partial charge in [-0.05, 0) is 36.8 Å². The number of nitrogens with two attached hydrogens (primary N) is 1. The van der Waals surface area contributed by atoms with Crippen LogP contribution in [0.5, 0.6) is 5.75 Å². The van der Waals surface area contributed by atoms with E-state index >= 15 is 0 Å². The largest absolute Gasteiger partial charge is 0.497 e. The van der Waals surface area contributed by atoms with Crippen molar-refractivity contribution in [3.05, 3.63) is 48.3 Å². The Kier molecular flexibility index (Phi) is 4.57. The third kappa shape index (κ3) is 3.36. The molecule has 0 unspecified atom stereocenters. The molecular weight excluding hydrogens is 418 g/mol. The molecule has 0 spiro atoms. The van der Waals surface area contributed by atoms with Crippen molar-refractivity contribution in [2.75, 3.05) is 23.5 Å². The molecule has 10 heteroatoms. The van der Waals surface area contributed by atoms with E-state index in [9.17, 15) is 0 Å². The number of aryl methyl sites for hydroxylation is 1. The normalized spacial score (nSPS) is 11.1. The molecule has 0 radical (unpaired) electrons. The highest BCUT2D eigenvalue weighted by molar-refractivity contribution is 7.22. The highest BCUT2D eigenvalue weighted by atomic mass is 32.1. The fourth-order valence-corrected chi connectivity index (χ4v) is 4.86. The van der Waals surface area contributed by atoms with E-state index in [1.54, 1.807) is 18.4 Å². The summed E-state index contributed by atoms with van der Waals surface area (Å²) in [5.74, 6) is 1.76. The molecule has 0 saturated carbocycles. The number of benzene rings is 2. The zero-order valence-corrected chi connectivity index (χ0v) is 17.8. The van der Waals surface area contributed by atoms with E-state index in [4.69, 9.17) is 10.5 Å². The van der Waals surface area contributed by atoms with E-state index in [0.29, 0.717) is 22.5 Å². The summed E-state index contributed by atoms with van der Waals surface area (Å²) in [5, 5.41) is 7.82. The number of hydrogen-bond donors (Lipinski definition) is 3. The van der Waals surface area contributed by atoms with Crippen LogP contribution in [0, 0.1) is 6.92 Å². The summed E-state index contributed by atoms with van der Waals surface area (Å²) >= 11 is 3.05. The van der Waals surface area contributed by atoms with Gasteiger partial charge in [-0.2, -0.15) is 0 Å². The number of anilines is 5. The van der Waals surface area contributed by atoms with E-state index in [1.807, 2.05) is 43.3 Å². The van der Waals surface area contributed by atoms with Crippen LogP contribution in [-0.2, 0) is 0 Å². The number of para-hydroxylation sites is 1. The maximum absolute atomic E-state index is 6.33. The first-order valence-electron chi connectivity index (χ1n) is 9.06. The monoisotopic (exact) mass is 435 g/mol. The van der Waals surface area contributed by atoms with Gasteiger partial charge in [0, 0.05) is 0 Å². The Labute approximate surface area is 179 Å². The van der Waals surface area contributed by atoms with Crippen LogP contribution in [0.4, 0.5) is 27.6 Å². The minimum atomic E-state index is 0.394. The van der Waals surface area contributed by atoms with Gasteiger partial charge in [0.1, 0.15) is 17.8 Å². The van der Waals surface area contributed by atoms with Crippen LogP contribution >= 0.6 is 22.7 Å². The Balaban J connectivity index is 1.43. The van der Waals surface area contributed by atoms with Gasteiger partial charge in [0.15, 0.2) is 21.9 Å². The molecule has 0 bridgehead atoms. The summed E-state index contributed by atoms with van der Waals surface area (Å²) in [6, 6.07) is 11.9. The Morgan fingerprint density at radius 3 is 2.40 bits per heavy atom. The number of nitrogens with one attached hydrogen (secondary N) is 2. The fraction of sp³-hybridized carbons (Fsp3) is 0.100. The lowest BCUT2D eigenvalue weighted by Gasteiger charge is -2.09. The van der Waals surface area contributed by atoms with Crippen molar-refractivity contribution >= 4 is 70.7 Å². The Hall–Kier alpha value is -3.50. The molecule has 0 amide bonds. The number of ether oxygens (including phenoxy) is 1. The smallest absolute Gasteiger partial charge is 0.189 e. The van der Waals surface area contributed by atoms with Gasteiger partial charge in [0.25, 0.3) is 0 Å². The van der Waals surface area contributed by atoms with Crippen molar-refractivity contribution in [2.45, 2.75) is 6.92 Å². The third-order valence-electron chi connectivity index (χ3n) is 4.55. The van der Waals surface area contributed by atoms with Gasteiger partial charge in [0.05, 0.1) is 27.5 Å². The summed E-state index contributed by atoms with van der Waals surface area (Å²) in [6.07, 6.45) is 1.45. The minimum absolute atomic E-state index is 0.394. The molecule has 8 nitrogen and oxygen atoms in total. The number of rotatable bonds is 5. The zero-order chi connectivity index (χ0) is 20.7. The molecule has 2 aromatic carbocycles. The average molecular weight is 436 g/mol. The van der Waals surface area contributed by atoms with Crippen LogP contribution < -0.4 is 21.1 Å². The van der Waals surface area contributed by atoms with Crippen LogP contribution in [0.1, 0.15) is 5.56 Å². The number of fused-ring (bicyclic) bond motifs is 2. The van der Waals surface area contributed by atoms with Crippen LogP contribution in [-0.4, -0.2) is 27.0 Å². The lowest BCUT2D eigenvalue weighted by molar-refractivity contribution is 0.415. The summed E-state index contributed by atoms with van der Waals surface area (Å²) in [6.45, 7) is 2.04. The van der Waals surface area contributed by atoms with Crippen molar-refractivity contribution < 1.29 is 4.74 Å². The summed E-state index contributed by atoms with van der Waals surface area (Å²) in [7, 11) is 1.64. The number of hydrogen-bond acceptors (Lipinski definition) is 10. The quantitative estimate of drug-likeness (QED) is 0.350. The van der Waals surface area contributed by atoms with Gasteiger partial charge in [-0.3, -0.25) is 0 Å². The molecular formula is C20H17N7OS2. The lowest BCUT2D eigenvalue weighted by atomic mass is 10.2. The SMILES string of the molecule is COc1ccc2nc(Nc3ncnc(Nc4nc5c(C)cccc5s4)c3N)sc2c1. The molecule has 0 fully saturated rings. The molecule has 4 N–H and O–H groups in total. The molecule has 5 rings (SSSR count). The highest BCUT2D eigenvalue weighted by Gasteiger charge is 2.13. The van der Waals surface area contributed by atoms with Gasteiger partial charge < -0.3 is 21.1 Å². The first-order valence-corrected chi connectivity index (χ1v) is 10.7. The predicted octanol–water partition coefficient (Wildman–Crippen LogP) is 5.08. The Morgan fingerprint density at radius 2 is 1.67 bits per heavy atom. The van der Waals surface area contributed by atoms with Crippen molar-refractivity contribution in [3.63, 3.8) is 0 Å². The highest BCUT2D eigenvalue weighted by Crippen LogP contribution is 2.35. The molecule has 0 aliphatic rings. The number of aromatic nitrogens is 4. The van der Waals surface area contributed by atoms with Crippen LogP contribution in [0.2, 0.25) is 0 Å². The maximum atomic E-state index is 6.33. The first-order chi connectivity index (χ1) is 14.6. The van der Waals surface area contributed by atoms with Gasteiger partial charge >= 0.3 is 0 Å². The summed E-state index contributed by atoms with van der Waals surface area (Å²) in [5.41, 5.74) is 9.69.